The number of ether oxygens (including phenoxy) is 2. The van der Waals surface area contributed by atoms with E-state index in [1.807, 2.05) is 37.5 Å². The molecule has 2 fully saturated rings. The smallest absolute Gasteiger partial charge is 0.411 e. The molecule has 2 bridgehead atoms. The Morgan fingerprint density at radius 3 is 2.54 bits per heavy atom. The predicted octanol–water partition coefficient (Wildman–Crippen LogP) is 3.20. The number of hydrogen-bond acceptors (Lipinski definition) is 7. The van der Waals surface area contributed by atoms with Gasteiger partial charge in [0.2, 0.25) is 5.28 Å². The summed E-state index contributed by atoms with van der Waals surface area (Å²) >= 11 is 6.08. The van der Waals surface area contributed by atoms with Crippen molar-refractivity contribution in [3.8, 4) is 0 Å². The van der Waals surface area contributed by atoms with Crippen LogP contribution in [0.2, 0.25) is 5.28 Å². The first kappa shape index (κ1) is 20.6. The number of fused-ring (bicyclic) bond motifs is 2. The molecule has 0 aromatic carbocycles. The lowest BCUT2D eigenvalue weighted by Crippen LogP contribution is -2.63. The number of esters is 1. The van der Waals surface area contributed by atoms with Crippen LogP contribution in [-0.4, -0.2) is 64.3 Å². The first-order chi connectivity index (χ1) is 12.9. The van der Waals surface area contributed by atoms with E-state index in [0.717, 1.165) is 12.8 Å². The fourth-order valence-corrected chi connectivity index (χ4v) is 4.37. The summed E-state index contributed by atoms with van der Waals surface area (Å²) in [6.45, 7) is 10.4. The average molecular weight is 411 g/mol. The van der Waals surface area contributed by atoms with Gasteiger partial charge in [-0.2, -0.15) is 4.98 Å². The molecule has 0 aliphatic carbocycles. The molecule has 2 saturated heterocycles. The molecule has 1 amide bonds. The number of nitrogens with zero attached hydrogens (tertiary/aromatic N) is 4. The number of carbonyl (C=O) groups is 2. The molecular weight excluding hydrogens is 384 g/mol. The van der Waals surface area contributed by atoms with Crippen molar-refractivity contribution in [2.75, 3.05) is 25.1 Å². The SMILES string of the molecule is COC(=O)c1c(C)nc(Cl)nc1N1C[C@H]2CC[C@](C)(C1)N2C(=O)OC(C)(C)C. The lowest BCUT2D eigenvalue weighted by atomic mass is 9.97. The number of methoxy groups -OCH3 is 1. The third-order valence-corrected chi connectivity index (χ3v) is 5.42. The summed E-state index contributed by atoms with van der Waals surface area (Å²) in [6.07, 6.45) is 1.40. The molecule has 0 unspecified atom stereocenters. The largest absolute Gasteiger partial charge is 0.465 e. The average Bonchev–Trinajstić information content (AvgIpc) is 2.77. The van der Waals surface area contributed by atoms with Crippen LogP contribution in [-0.2, 0) is 9.47 Å². The Morgan fingerprint density at radius 2 is 1.96 bits per heavy atom. The number of hydrogen-bond donors (Lipinski definition) is 0. The van der Waals surface area contributed by atoms with E-state index in [-0.39, 0.29) is 17.4 Å². The van der Waals surface area contributed by atoms with Gasteiger partial charge < -0.3 is 14.4 Å². The Balaban J connectivity index is 1.94. The van der Waals surface area contributed by atoms with Gasteiger partial charge >= 0.3 is 12.1 Å². The van der Waals surface area contributed by atoms with Crippen molar-refractivity contribution in [1.82, 2.24) is 14.9 Å². The van der Waals surface area contributed by atoms with Crippen LogP contribution < -0.4 is 4.90 Å². The predicted molar refractivity (Wildman–Crippen MR) is 105 cm³/mol. The molecule has 0 N–H and O–H groups in total. The second kappa shape index (κ2) is 7.06. The van der Waals surface area contributed by atoms with Gasteiger partial charge in [0.1, 0.15) is 17.0 Å². The van der Waals surface area contributed by atoms with E-state index < -0.39 is 17.1 Å². The number of halogens is 1. The quantitative estimate of drug-likeness (QED) is 0.546. The molecule has 2 atom stereocenters. The van der Waals surface area contributed by atoms with Crippen molar-refractivity contribution in [2.45, 2.75) is 64.6 Å². The van der Waals surface area contributed by atoms with E-state index in [0.29, 0.717) is 30.2 Å². The van der Waals surface area contributed by atoms with Crippen LogP contribution in [0.1, 0.15) is 56.6 Å². The first-order valence-electron chi connectivity index (χ1n) is 9.35. The molecule has 1 aromatic rings. The van der Waals surface area contributed by atoms with Gasteiger partial charge in [-0.1, -0.05) is 0 Å². The Bertz CT molecular complexity index is 810. The van der Waals surface area contributed by atoms with Crippen molar-refractivity contribution in [1.29, 1.82) is 0 Å². The minimum Gasteiger partial charge on any atom is -0.465 e. The van der Waals surface area contributed by atoms with Crippen molar-refractivity contribution in [2.24, 2.45) is 0 Å². The highest BCUT2D eigenvalue weighted by atomic mass is 35.5. The van der Waals surface area contributed by atoms with Gasteiger partial charge in [0.15, 0.2) is 0 Å². The van der Waals surface area contributed by atoms with Gasteiger partial charge in [-0.3, -0.25) is 4.90 Å². The molecule has 3 rings (SSSR count). The summed E-state index contributed by atoms with van der Waals surface area (Å²) < 4.78 is 10.6. The van der Waals surface area contributed by atoms with E-state index in [4.69, 9.17) is 21.1 Å². The molecule has 9 heteroatoms. The normalized spacial score (nSPS) is 24.3. The molecule has 28 heavy (non-hydrogen) atoms. The Hall–Kier alpha value is -2.09. The van der Waals surface area contributed by atoms with Crippen LogP contribution in [0.15, 0.2) is 0 Å². The molecule has 154 valence electrons. The van der Waals surface area contributed by atoms with Crippen LogP contribution in [0, 0.1) is 6.92 Å². The van der Waals surface area contributed by atoms with Gasteiger partial charge in [-0.05, 0) is 59.1 Å². The highest BCUT2D eigenvalue weighted by Gasteiger charge is 2.52. The maximum absolute atomic E-state index is 12.8. The summed E-state index contributed by atoms with van der Waals surface area (Å²) in [5.74, 6) is -0.0532. The molecule has 2 aliphatic heterocycles. The molecule has 3 heterocycles. The highest BCUT2D eigenvalue weighted by molar-refractivity contribution is 6.28. The number of rotatable bonds is 2. The second-order valence-corrected chi connectivity index (χ2v) is 9.03. The maximum atomic E-state index is 12.8. The van der Waals surface area contributed by atoms with E-state index in [1.165, 1.54) is 7.11 Å². The lowest BCUT2D eigenvalue weighted by molar-refractivity contribution is -0.00289. The number of aryl methyl sites for hydroxylation is 1. The lowest BCUT2D eigenvalue weighted by Gasteiger charge is -2.47. The van der Waals surface area contributed by atoms with Crippen molar-refractivity contribution < 1.29 is 19.1 Å². The zero-order valence-electron chi connectivity index (χ0n) is 17.2. The third-order valence-electron chi connectivity index (χ3n) is 5.25. The van der Waals surface area contributed by atoms with Gasteiger partial charge in [0, 0.05) is 13.1 Å². The second-order valence-electron chi connectivity index (χ2n) is 8.69. The molecule has 1 aromatic heterocycles. The standard InChI is InChI=1S/C19H27ClN4O4/c1-11-13(15(25)27-6)14(22-16(20)21-11)23-9-12-7-8-19(5,10-23)24(12)17(26)28-18(2,3)4/h12H,7-10H2,1-6H3/t12-,19-/m1/s1. The van der Waals surface area contributed by atoms with E-state index >= 15 is 0 Å². The minimum absolute atomic E-state index is 0.0341. The zero-order valence-corrected chi connectivity index (χ0v) is 18.0. The number of aromatic nitrogens is 2. The number of amides is 1. The van der Waals surface area contributed by atoms with E-state index in [1.54, 1.807) is 6.92 Å². The van der Waals surface area contributed by atoms with Gasteiger partial charge in [-0.25, -0.2) is 14.6 Å². The van der Waals surface area contributed by atoms with Crippen LogP contribution in [0.4, 0.5) is 10.6 Å². The summed E-state index contributed by atoms with van der Waals surface area (Å²) in [5, 5.41) is 0.0761. The molecule has 0 saturated carbocycles. The summed E-state index contributed by atoms with van der Waals surface area (Å²) in [7, 11) is 1.33. The van der Waals surface area contributed by atoms with Crippen molar-refractivity contribution >= 4 is 29.5 Å². The summed E-state index contributed by atoms with van der Waals surface area (Å²) in [5.41, 5.74) is -0.210. The number of piperazine rings is 1. The molecule has 8 nitrogen and oxygen atoms in total. The van der Waals surface area contributed by atoms with Crippen molar-refractivity contribution in [3.05, 3.63) is 16.5 Å². The topological polar surface area (TPSA) is 84.9 Å². The first-order valence-corrected chi connectivity index (χ1v) is 9.73. The highest BCUT2D eigenvalue weighted by Crippen LogP contribution is 2.41. The molecular formula is C19H27ClN4O4. The number of carbonyl (C=O) groups excluding carboxylic acids is 2. The molecule has 0 radical (unpaired) electrons. The summed E-state index contributed by atoms with van der Waals surface area (Å²) in [4.78, 5) is 37.4. The van der Waals surface area contributed by atoms with Crippen LogP contribution in [0.25, 0.3) is 0 Å². The fraction of sp³-hybridized carbons (Fsp3) is 0.684. The van der Waals surface area contributed by atoms with E-state index in [9.17, 15) is 9.59 Å². The zero-order chi connectivity index (χ0) is 20.9. The number of anilines is 1. The van der Waals surface area contributed by atoms with Crippen molar-refractivity contribution in [3.63, 3.8) is 0 Å². The van der Waals surface area contributed by atoms with Gasteiger partial charge in [-0.15, -0.1) is 0 Å². The van der Waals surface area contributed by atoms with Crippen LogP contribution in [0.5, 0.6) is 0 Å². The third kappa shape index (κ3) is 3.74. The monoisotopic (exact) mass is 410 g/mol. The van der Waals surface area contributed by atoms with Gasteiger partial charge in [0.25, 0.3) is 0 Å². The molecule has 0 spiro atoms. The van der Waals surface area contributed by atoms with Crippen LogP contribution in [0.3, 0.4) is 0 Å². The van der Waals surface area contributed by atoms with E-state index in [2.05, 4.69) is 9.97 Å². The van der Waals surface area contributed by atoms with Gasteiger partial charge in [0.05, 0.1) is 24.4 Å². The molecule has 2 aliphatic rings. The Morgan fingerprint density at radius 1 is 1.29 bits per heavy atom. The summed E-state index contributed by atoms with van der Waals surface area (Å²) in [6, 6.07) is -0.0341. The minimum atomic E-state index is -0.556. The Kier molecular flexibility index (Phi) is 5.20. The maximum Gasteiger partial charge on any atom is 0.411 e. The van der Waals surface area contributed by atoms with Crippen LogP contribution >= 0.6 is 11.6 Å². The Labute approximate surface area is 170 Å². The fourth-order valence-electron chi connectivity index (χ4n) is 4.16.